The zero-order valence-corrected chi connectivity index (χ0v) is 12.8. The lowest BCUT2D eigenvalue weighted by Crippen LogP contribution is -2.19. The monoisotopic (exact) mass is 318 g/mol. The van der Waals surface area contributed by atoms with Gasteiger partial charge in [0.25, 0.3) is 0 Å². The van der Waals surface area contributed by atoms with E-state index in [0.717, 1.165) is 10.7 Å². The van der Waals surface area contributed by atoms with E-state index in [1.807, 2.05) is 19.2 Å². The van der Waals surface area contributed by atoms with Crippen LogP contribution in [0.5, 0.6) is 0 Å². The van der Waals surface area contributed by atoms with Crippen molar-refractivity contribution in [2.45, 2.75) is 26.4 Å². The summed E-state index contributed by atoms with van der Waals surface area (Å²) in [4.78, 5) is 4.35. The maximum Gasteiger partial charge on any atom is 0.142 e. The standard InChI is InChI=1S/C13H13Cl2FN2S/c1-7-6-19-11(18-7)5-17-8(2)12-9(14)3-4-10(16)13(12)15/h3-4,6,8,17H,5H2,1-2H3. The Morgan fingerprint density at radius 1 is 1.42 bits per heavy atom. The van der Waals surface area contributed by atoms with Crippen molar-refractivity contribution in [3.8, 4) is 0 Å². The fourth-order valence-electron chi connectivity index (χ4n) is 1.77. The molecule has 1 aromatic heterocycles. The molecule has 0 aliphatic carbocycles. The van der Waals surface area contributed by atoms with Crippen LogP contribution in [0.4, 0.5) is 4.39 Å². The summed E-state index contributed by atoms with van der Waals surface area (Å²) in [6, 6.07) is 2.63. The molecule has 1 heterocycles. The lowest BCUT2D eigenvalue weighted by Gasteiger charge is -2.16. The first-order chi connectivity index (χ1) is 8.99. The van der Waals surface area contributed by atoms with Gasteiger partial charge in [-0.25, -0.2) is 9.37 Å². The highest BCUT2D eigenvalue weighted by Crippen LogP contribution is 2.32. The average Bonchev–Trinajstić information content (AvgIpc) is 2.78. The fourth-order valence-corrected chi connectivity index (χ4v) is 3.19. The van der Waals surface area contributed by atoms with E-state index in [9.17, 15) is 4.39 Å². The van der Waals surface area contributed by atoms with Crippen molar-refractivity contribution >= 4 is 34.5 Å². The molecule has 1 N–H and O–H groups in total. The number of aromatic nitrogens is 1. The fraction of sp³-hybridized carbons (Fsp3) is 0.308. The van der Waals surface area contributed by atoms with Gasteiger partial charge < -0.3 is 5.32 Å². The molecule has 0 saturated carbocycles. The molecule has 2 aromatic rings. The Labute approximate surface area is 125 Å². The van der Waals surface area contributed by atoms with Gasteiger partial charge in [-0.05, 0) is 26.0 Å². The van der Waals surface area contributed by atoms with Gasteiger partial charge in [-0.2, -0.15) is 0 Å². The second-order valence-electron chi connectivity index (χ2n) is 4.24. The second-order valence-corrected chi connectivity index (χ2v) is 5.97. The van der Waals surface area contributed by atoms with E-state index >= 15 is 0 Å². The smallest absolute Gasteiger partial charge is 0.142 e. The predicted octanol–water partition coefficient (Wildman–Crippen LogP) is 4.75. The third-order valence-corrected chi connectivity index (χ3v) is 4.42. The molecule has 0 fully saturated rings. The van der Waals surface area contributed by atoms with Crippen LogP contribution in [-0.2, 0) is 6.54 Å². The number of halogens is 3. The molecule has 0 radical (unpaired) electrons. The minimum atomic E-state index is -0.459. The van der Waals surface area contributed by atoms with Crippen LogP contribution >= 0.6 is 34.5 Å². The Morgan fingerprint density at radius 2 is 2.16 bits per heavy atom. The molecule has 0 saturated heterocycles. The van der Waals surface area contributed by atoms with Gasteiger partial charge in [0, 0.05) is 34.2 Å². The normalized spacial score (nSPS) is 12.7. The zero-order valence-electron chi connectivity index (χ0n) is 10.5. The zero-order chi connectivity index (χ0) is 14.0. The first kappa shape index (κ1) is 14.7. The third-order valence-electron chi connectivity index (χ3n) is 2.74. The van der Waals surface area contributed by atoms with Gasteiger partial charge in [0.1, 0.15) is 10.8 Å². The second kappa shape index (κ2) is 6.18. The molecular formula is C13H13Cl2FN2S. The first-order valence-corrected chi connectivity index (χ1v) is 7.40. The molecule has 0 spiro atoms. The number of hydrogen-bond acceptors (Lipinski definition) is 3. The van der Waals surface area contributed by atoms with Crippen LogP contribution in [0, 0.1) is 12.7 Å². The van der Waals surface area contributed by atoms with E-state index in [4.69, 9.17) is 23.2 Å². The Morgan fingerprint density at radius 3 is 2.79 bits per heavy atom. The van der Waals surface area contributed by atoms with Gasteiger partial charge in [0.15, 0.2) is 0 Å². The molecule has 2 rings (SSSR count). The average molecular weight is 319 g/mol. The largest absolute Gasteiger partial charge is 0.304 e. The highest BCUT2D eigenvalue weighted by molar-refractivity contribution is 7.09. The maximum atomic E-state index is 13.5. The minimum absolute atomic E-state index is 0.0721. The quantitative estimate of drug-likeness (QED) is 0.823. The number of nitrogens with one attached hydrogen (secondary N) is 1. The lowest BCUT2D eigenvalue weighted by atomic mass is 10.1. The van der Waals surface area contributed by atoms with E-state index in [0.29, 0.717) is 17.1 Å². The van der Waals surface area contributed by atoms with E-state index in [-0.39, 0.29) is 11.1 Å². The van der Waals surface area contributed by atoms with Crippen LogP contribution in [0.3, 0.4) is 0 Å². The molecular weight excluding hydrogens is 306 g/mol. The van der Waals surface area contributed by atoms with Gasteiger partial charge in [-0.3, -0.25) is 0 Å². The number of aryl methyl sites for hydroxylation is 1. The summed E-state index contributed by atoms with van der Waals surface area (Å²) in [6.45, 7) is 4.44. The maximum absolute atomic E-state index is 13.5. The molecule has 0 amide bonds. The van der Waals surface area contributed by atoms with Crippen LogP contribution in [-0.4, -0.2) is 4.98 Å². The predicted molar refractivity (Wildman–Crippen MR) is 78.5 cm³/mol. The van der Waals surface area contributed by atoms with E-state index < -0.39 is 5.82 Å². The highest BCUT2D eigenvalue weighted by atomic mass is 35.5. The van der Waals surface area contributed by atoms with Crippen molar-refractivity contribution in [3.63, 3.8) is 0 Å². The van der Waals surface area contributed by atoms with Crippen molar-refractivity contribution in [2.75, 3.05) is 0 Å². The molecule has 0 bridgehead atoms. The molecule has 1 atom stereocenters. The van der Waals surface area contributed by atoms with Crippen molar-refractivity contribution in [3.05, 3.63) is 49.6 Å². The minimum Gasteiger partial charge on any atom is -0.304 e. The Bertz CT molecular complexity index is 586. The van der Waals surface area contributed by atoms with Gasteiger partial charge in [0.05, 0.1) is 5.02 Å². The third kappa shape index (κ3) is 3.45. The lowest BCUT2D eigenvalue weighted by molar-refractivity contribution is 0.564. The van der Waals surface area contributed by atoms with E-state index in [1.54, 1.807) is 11.3 Å². The van der Waals surface area contributed by atoms with Crippen LogP contribution in [0.1, 0.15) is 29.2 Å². The van der Waals surface area contributed by atoms with E-state index in [1.165, 1.54) is 12.1 Å². The Balaban J connectivity index is 2.12. The molecule has 6 heteroatoms. The van der Waals surface area contributed by atoms with Crippen LogP contribution in [0.2, 0.25) is 10.0 Å². The molecule has 19 heavy (non-hydrogen) atoms. The summed E-state index contributed by atoms with van der Waals surface area (Å²) >= 11 is 13.6. The van der Waals surface area contributed by atoms with Gasteiger partial charge in [-0.1, -0.05) is 23.2 Å². The summed E-state index contributed by atoms with van der Waals surface area (Å²) in [5.74, 6) is -0.459. The number of nitrogens with zero attached hydrogens (tertiary/aromatic N) is 1. The number of rotatable bonds is 4. The SMILES string of the molecule is Cc1csc(CNC(C)c2c(Cl)ccc(F)c2Cl)n1. The number of thiazole rings is 1. The molecule has 0 aliphatic rings. The van der Waals surface area contributed by atoms with Crippen LogP contribution in [0.25, 0.3) is 0 Å². The first-order valence-electron chi connectivity index (χ1n) is 5.77. The summed E-state index contributed by atoms with van der Waals surface area (Å²) in [5.41, 5.74) is 1.58. The molecule has 0 aliphatic heterocycles. The molecule has 1 unspecified atom stereocenters. The highest BCUT2D eigenvalue weighted by Gasteiger charge is 2.17. The van der Waals surface area contributed by atoms with Crippen molar-refractivity contribution in [2.24, 2.45) is 0 Å². The summed E-state index contributed by atoms with van der Waals surface area (Å²) in [5, 5.41) is 6.75. The summed E-state index contributed by atoms with van der Waals surface area (Å²) in [7, 11) is 0. The van der Waals surface area contributed by atoms with Gasteiger partial charge in [0.2, 0.25) is 0 Å². The summed E-state index contributed by atoms with van der Waals surface area (Å²) in [6.07, 6.45) is 0. The van der Waals surface area contributed by atoms with Crippen LogP contribution in [0.15, 0.2) is 17.5 Å². The number of hydrogen-bond donors (Lipinski definition) is 1. The molecule has 1 aromatic carbocycles. The van der Waals surface area contributed by atoms with Crippen LogP contribution < -0.4 is 5.32 Å². The Kier molecular flexibility index (Phi) is 4.79. The van der Waals surface area contributed by atoms with E-state index in [2.05, 4.69) is 10.3 Å². The molecule has 2 nitrogen and oxygen atoms in total. The topological polar surface area (TPSA) is 24.9 Å². The summed E-state index contributed by atoms with van der Waals surface area (Å²) < 4.78 is 13.5. The van der Waals surface area contributed by atoms with Crippen molar-refractivity contribution < 1.29 is 4.39 Å². The molecule has 102 valence electrons. The number of benzene rings is 1. The van der Waals surface area contributed by atoms with Crippen molar-refractivity contribution in [1.82, 2.24) is 10.3 Å². The van der Waals surface area contributed by atoms with Crippen molar-refractivity contribution in [1.29, 1.82) is 0 Å². The van der Waals surface area contributed by atoms with Gasteiger partial charge >= 0.3 is 0 Å². The Hall–Kier alpha value is -0.680. The van der Waals surface area contributed by atoms with Gasteiger partial charge in [-0.15, -0.1) is 11.3 Å².